The van der Waals surface area contributed by atoms with Crippen molar-refractivity contribution >= 4 is 40.3 Å². The maximum Gasteiger partial charge on any atom is 0.329 e. The number of amides is 2. The molecule has 0 bridgehead atoms. The summed E-state index contributed by atoms with van der Waals surface area (Å²) in [4.78, 5) is 41.5. The molecule has 0 radical (unpaired) electrons. The molecular formula is C23H24ClN5O5. The minimum atomic E-state index is -0.774. The van der Waals surface area contributed by atoms with Gasteiger partial charge >= 0.3 is 5.69 Å². The second kappa shape index (κ2) is 8.86. The van der Waals surface area contributed by atoms with E-state index in [2.05, 4.69) is 15.6 Å². The molecule has 2 aliphatic heterocycles. The van der Waals surface area contributed by atoms with Crippen LogP contribution in [0, 0.1) is 0 Å². The topological polar surface area (TPSA) is 127 Å². The van der Waals surface area contributed by atoms with Gasteiger partial charge < -0.3 is 15.2 Å². The number of pyridine rings is 1. The summed E-state index contributed by atoms with van der Waals surface area (Å²) in [6.07, 6.45) is 1.97. The number of carbonyl (C=O) groups is 2. The zero-order chi connectivity index (χ0) is 24.0. The lowest BCUT2D eigenvalue weighted by Crippen LogP contribution is -2.44. The number of nitrogens with zero attached hydrogens (tertiary/aromatic N) is 3. The van der Waals surface area contributed by atoms with Crippen LogP contribution in [-0.4, -0.2) is 56.4 Å². The number of hydrogen-bond acceptors (Lipinski definition) is 7. The number of imidazole rings is 1. The van der Waals surface area contributed by atoms with Crippen molar-refractivity contribution in [1.82, 2.24) is 19.4 Å². The first-order chi connectivity index (χ1) is 16.3. The molecule has 2 amide bonds. The molecule has 5 rings (SSSR count). The van der Waals surface area contributed by atoms with E-state index in [1.165, 1.54) is 15.3 Å². The number of nitrogens with one attached hydrogen (secondary N) is 2. The van der Waals surface area contributed by atoms with Crippen molar-refractivity contribution < 1.29 is 19.4 Å². The number of ether oxygens (including phenoxy) is 1. The predicted octanol–water partition coefficient (Wildman–Crippen LogP) is 1.59. The summed E-state index contributed by atoms with van der Waals surface area (Å²) in [5.74, 6) is -0.269. The van der Waals surface area contributed by atoms with Crippen molar-refractivity contribution in [3.63, 3.8) is 0 Å². The molecule has 3 N–H and O–H groups in total. The molecule has 2 aromatic heterocycles. The van der Waals surface area contributed by atoms with E-state index in [1.54, 1.807) is 19.2 Å². The molecule has 0 saturated carbocycles. The van der Waals surface area contributed by atoms with Crippen molar-refractivity contribution in [3.8, 4) is 11.1 Å². The number of carbonyl (C=O) groups excluding carboxylic acids is 2. The monoisotopic (exact) mass is 485 g/mol. The number of piperidine rings is 1. The lowest BCUT2D eigenvalue weighted by molar-refractivity contribution is -0.135. The quantitative estimate of drug-likeness (QED) is 0.479. The first kappa shape index (κ1) is 22.6. The molecule has 3 atom stereocenters. The Balaban J connectivity index is 1.55. The van der Waals surface area contributed by atoms with Crippen molar-refractivity contribution in [2.24, 2.45) is 7.05 Å². The summed E-state index contributed by atoms with van der Waals surface area (Å²) >= 11 is 6.48. The number of fused-ring (bicyclic) bond motifs is 1. The van der Waals surface area contributed by atoms with Crippen LogP contribution in [0.3, 0.4) is 0 Å². The molecule has 0 aliphatic carbocycles. The average molecular weight is 486 g/mol. The molecule has 10 nitrogen and oxygen atoms in total. The highest BCUT2D eigenvalue weighted by Gasteiger charge is 2.31. The Kier molecular flexibility index (Phi) is 5.88. The maximum atomic E-state index is 13.0. The summed E-state index contributed by atoms with van der Waals surface area (Å²) in [6.45, 7) is 0.818. The molecule has 2 aliphatic rings. The molecule has 2 fully saturated rings. The van der Waals surface area contributed by atoms with Gasteiger partial charge in [0.1, 0.15) is 11.9 Å². The third-order valence-electron chi connectivity index (χ3n) is 6.44. The van der Waals surface area contributed by atoms with Crippen LogP contribution in [0.25, 0.3) is 22.2 Å². The summed E-state index contributed by atoms with van der Waals surface area (Å²) < 4.78 is 8.20. The normalized spacial score (nSPS) is 23.2. The Bertz CT molecular complexity index is 1350. The van der Waals surface area contributed by atoms with E-state index in [4.69, 9.17) is 16.3 Å². The fourth-order valence-corrected chi connectivity index (χ4v) is 4.80. The van der Waals surface area contributed by atoms with Crippen LogP contribution >= 0.6 is 11.6 Å². The van der Waals surface area contributed by atoms with Gasteiger partial charge in [0.25, 0.3) is 0 Å². The molecule has 34 heavy (non-hydrogen) atoms. The number of imide groups is 1. The SMILES string of the molecule is Cn1c(=O)n(C2CCC(=O)NC2=O)c2cc(-c3cc(NC4CCOC[C@H]4O)ncc3Cl)ccc21. The lowest BCUT2D eigenvalue weighted by atomic mass is 10.0. The maximum absolute atomic E-state index is 13.0. The van der Waals surface area contributed by atoms with Crippen molar-refractivity contribution in [2.75, 3.05) is 18.5 Å². The van der Waals surface area contributed by atoms with Gasteiger partial charge in [-0.1, -0.05) is 17.7 Å². The number of hydrogen-bond donors (Lipinski definition) is 3. The fourth-order valence-electron chi connectivity index (χ4n) is 4.58. The van der Waals surface area contributed by atoms with Gasteiger partial charge in [0.15, 0.2) is 0 Å². The van der Waals surface area contributed by atoms with Crippen molar-refractivity contribution in [2.45, 2.75) is 37.5 Å². The number of anilines is 1. The Morgan fingerprint density at radius 2 is 2.03 bits per heavy atom. The Hall–Kier alpha value is -3.21. The van der Waals surface area contributed by atoms with E-state index in [1.807, 2.05) is 12.1 Å². The highest BCUT2D eigenvalue weighted by molar-refractivity contribution is 6.33. The standard InChI is InChI=1S/C23H24ClN5O5/c1-28-16-3-2-12(8-18(16)29(23(28)33)17-4-5-21(31)27-22(17)32)13-9-20(25-10-14(13)24)26-15-6-7-34-11-19(15)30/h2-3,8-10,15,17,19,30H,4-7,11H2,1H3,(H,25,26)(H,27,31,32)/t15?,17?,19-/m1/s1. The van der Waals surface area contributed by atoms with Gasteiger partial charge in [-0.2, -0.15) is 0 Å². The van der Waals surface area contributed by atoms with Gasteiger partial charge in [0, 0.05) is 31.8 Å². The van der Waals surface area contributed by atoms with Crippen LogP contribution in [0.4, 0.5) is 5.82 Å². The van der Waals surface area contributed by atoms with Gasteiger partial charge in [-0.05, 0) is 36.6 Å². The molecule has 3 aromatic rings. The van der Waals surface area contributed by atoms with Crippen LogP contribution in [-0.2, 0) is 21.4 Å². The number of aromatic nitrogens is 3. The highest BCUT2D eigenvalue weighted by atomic mass is 35.5. The third-order valence-corrected chi connectivity index (χ3v) is 6.74. The number of benzene rings is 1. The Labute approximate surface area is 199 Å². The summed E-state index contributed by atoms with van der Waals surface area (Å²) in [6, 6.07) is 6.30. The first-order valence-corrected chi connectivity index (χ1v) is 11.4. The zero-order valence-electron chi connectivity index (χ0n) is 18.5. The van der Waals surface area contributed by atoms with Crippen molar-refractivity contribution in [3.05, 3.63) is 46.0 Å². The van der Waals surface area contributed by atoms with Gasteiger partial charge in [-0.25, -0.2) is 9.78 Å². The van der Waals surface area contributed by atoms with Crippen LogP contribution in [0.15, 0.2) is 35.3 Å². The van der Waals surface area contributed by atoms with Crippen LogP contribution in [0.1, 0.15) is 25.3 Å². The van der Waals surface area contributed by atoms with Crippen LogP contribution in [0.2, 0.25) is 5.02 Å². The number of rotatable bonds is 4. The highest BCUT2D eigenvalue weighted by Crippen LogP contribution is 2.33. The largest absolute Gasteiger partial charge is 0.389 e. The van der Waals surface area contributed by atoms with Gasteiger partial charge in [-0.15, -0.1) is 0 Å². The number of aryl methyl sites for hydroxylation is 1. The Morgan fingerprint density at radius 1 is 1.21 bits per heavy atom. The number of halogens is 1. The third kappa shape index (κ3) is 3.97. The van der Waals surface area contributed by atoms with E-state index in [9.17, 15) is 19.5 Å². The molecular weight excluding hydrogens is 462 g/mol. The minimum absolute atomic E-state index is 0.169. The molecule has 0 spiro atoms. The number of aliphatic hydroxyl groups excluding tert-OH is 1. The van der Waals surface area contributed by atoms with Crippen molar-refractivity contribution in [1.29, 1.82) is 0 Å². The average Bonchev–Trinajstić information content (AvgIpc) is 3.06. The second-order valence-corrected chi connectivity index (χ2v) is 9.02. The molecule has 2 unspecified atom stereocenters. The Morgan fingerprint density at radius 3 is 2.79 bits per heavy atom. The fraction of sp³-hybridized carbons (Fsp3) is 0.391. The van der Waals surface area contributed by atoms with E-state index in [-0.39, 0.29) is 37.1 Å². The van der Waals surface area contributed by atoms with Crippen LogP contribution in [0.5, 0.6) is 0 Å². The van der Waals surface area contributed by atoms with Gasteiger partial charge in [0.05, 0.1) is 34.8 Å². The molecule has 178 valence electrons. The van der Waals surface area contributed by atoms with E-state index < -0.39 is 18.1 Å². The van der Waals surface area contributed by atoms with Gasteiger partial charge in [-0.3, -0.25) is 24.0 Å². The van der Waals surface area contributed by atoms with E-state index in [0.717, 1.165) is 5.56 Å². The molecule has 1 aromatic carbocycles. The van der Waals surface area contributed by atoms with Gasteiger partial charge in [0.2, 0.25) is 11.8 Å². The lowest BCUT2D eigenvalue weighted by Gasteiger charge is -2.29. The summed E-state index contributed by atoms with van der Waals surface area (Å²) in [5.41, 5.74) is 2.32. The second-order valence-electron chi connectivity index (χ2n) is 8.61. The summed E-state index contributed by atoms with van der Waals surface area (Å²) in [5, 5.41) is 16.2. The number of aliphatic hydroxyl groups is 1. The van der Waals surface area contributed by atoms with E-state index >= 15 is 0 Å². The molecule has 11 heteroatoms. The summed E-state index contributed by atoms with van der Waals surface area (Å²) in [7, 11) is 1.65. The first-order valence-electron chi connectivity index (χ1n) is 11.1. The zero-order valence-corrected chi connectivity index (χ0v) is 19.2. The smallest absolute Gasteiger partial charge is 0.329 e. The van der Waals surface area contributed by atoms with E-state index in [0.29, 0.717) is 40.5 Å². The van der Waals surface area contributed by atoms with Crippen LogP contribution < -0.4 is 16.3 Å². The minimum Gasteiger partial charge on any atom is -0.389 e. The molecule has 2 saturated heterocycles. The predicted molar refractivity (Wildman–Crippen MR) is 126 cm³/mol. The molecule has 4 heterocycles.